The molecule has 6 heteroatoms. The summed E-state index contributed by atoms with van der Waals surface area (Å²) in [4.78, 5) is 10.0. The molecule has 0 radical (unpaired) electrons. The lowest BCUT2D eigenvalue weighted by Gasteiger charge is -2.14. The molecule has 0 bridgehead atoms. The lowest BCUT2D eigenvalue weighted by Crippen LogP contribution is -2.32. The fraction of sp³-hybridized carbons (Fsp3) is 0.857. The molecule has 0 aliphatic heterocycles. The first-order valence-corrected chi connectivity index (χ1v) is 3.83. The maximum absolute atomic E-state index is 11.7. The SMILES string of the molecule is CC(CC(F)(F)F)NCCC(=O)O. The second-order valence-corrected chi connectivity index (χ2v) is 2.82. The molecule has 0 amide bonds. The summed E-state index contributed by atoms with van der Waals surface area (Å²) in [5, 5.41) is 10.7. The number of rotatable bonds is 5. The summed E-state index contributed by atoms with van der Waals surface area (Å²) in [5.41, 5.74) is 0. The zero-order valence-electron chi connectivity index (χ0n) is 7.19. The smallest absolute Gasteiger partial charge is 0.390 e. The topological polar surface area (TPSA) is 49.3 Å². The summed E-state index contributed by atoms with van der Waals surface area (Å²) in [5.74, 6) is -1.02. The van der Waals surface area contributed by atoms with Crippen LogP contribution in [0, 0.1) is 0 Å². The van der Waals surface area contributed by atoms with Gasteiger partial charge < -0.3 is 10.4 Å². The molecule has 0 aromatic rings. The van der Waals surface area contributed by atoms with Crippen LogP contribution in [0.4, 0.5) is 13.2 Å². The molecule has 0 aliphatic rings. The number of hydrogen-bond donors (Lipinski definition) is 2. The van der Waals surface area contributed by atoms with Gasteiger partial charge in [-0.05, 0) is 6.92 Å². The summed E-state index contributed by atoms with van der Waals surface area (Å²) in [6, 6.07) is -0.737. The minimum atomic E-state index is -4.20. The molecule has 0 aromatic heterocycles. The van der Waals surface area contributed by atoms with Crippen LogP contribution < -0.4 is 5.32 Å². The first kappa shape index (κ1) is 12.2. The predicted molar refractivity (Wildman–Crippen MR) is 40.4 cm³/mol. The molecule has 1 atom stereocenters. The Hall–Kier alpha value is -0.780. The quantitative estimate of drug-likeness (QED) is 0.703. The van der Waals surface area contributed by atoms with Crippen LogP contribution in [0.15, 0.2) is 0 Å². The molecule has 1 unspecified atom stereocenters. The molecule has 3 nitrogen and oxygen atoms in total. The van der Waals surface area contributed by atoms with Gasteiger partial charge in [-0.15, -0.1) is 0 Å². The zero-order valence-corrected chi connectivity index (χ0v) is 7.19. The van der Waals surface area contributed by atoms with E-state index in [1.807, 2.05) is 0 Å². The molecule has 0 spiro atoms. The van der Waals surface area contributed by atoms with E-state index >= 15 is 0 Å². The summed E-state index contributed by atoms with van der Waals surface area (Å²) < 4.78 is 35.2. The van der Waals surface area contributed by atoms with Crippen molar-refractivity contribution in [1.82, 2.24) is 5.32 Å². The van der Waals surface area contributed by atoms with Crippen LogP contribution in [0.3, 0.4) is 0 Å². The third-order valence-corrected chi connectivity index (χ3v) is 1.37. The molecule has 0 fully saturated rings. The van der Waals surface area contributed by atoms with Gasteiger partial charge in [0.15, 0.2) is 0 Å². The van der Waals surface area contributed by atoms with Crippen LogP contribution in [0.1, 0.15) is 19.8 Å². The first-order valence-electron chi connectivity index (χ1n) is 3.83. The summed E-state index contributed by atoms with van der Waals surface area (Å²) in [6.07, 6.45) is -5.30. The van der Waals surface area contributed by atoms with Crippen molar-refractivity contribution in [2.45, 2.75) is 32.0 Å². The average Bonchev–Trinajstić information content (AvgIpc) is 1.81. The number of hydrogen-bond acceptors (Lipinski definition) is 2. The van der Waals surface area contributed by atoms with Crippen LogP contribution >= 0.6 is 0 Å². The molecule has 0 rings (SSSR count). The van der Waals surface area contributed by atoms with Gasteiger partial charge in [0, 0.05) is 12.6 Å². The van der Waals surface area contributed by atoms with E-state index in [0.717, 1.165) is 0 Å². The lowest BCUT2D eigenvalue weighted by atomic mass is 10.2. The Balaban J connectivity index is 3.52. The highest BCUT2D eigenvalue weighted by atomic mass is 19.4. The fourth-order valence-electron chi connectivity index (χ4n) is 0.845. The molecule has 2 N–H and O–H groups in total. The van der Waals surface area contributed by atoms with E-state index in [1.165, 1.54) is 6.92 Å². The van der Waals surface area contributed by atoms with Gasteiger partial charge in [-0.3, -0.25) is 4.79 Å². The first-order chi connectivity index (χ1) is 5.81. The summed E-state index contributed by atoms with van der Waals surface area (Å²) in [6.45, 7) is 1.43. The van der Waals surface area contributed by atoms with Gasteiger partial charge in [-0.25, -0.2) is 0 Å². The summed E-state index contributed by atoms with van der Waals surface area (Å²) in [7, 11) is 0. The number of alkyl halides is 3. The standard InChI is InChI=1S/C7H12F3NO2/c1-5(4-7(8,9)10)11-3-2-6(12)13/h5,11H,2-4H2,1H3,(H,12,13). The highest BCUT2D eigenvalue weighted by molar-refractivity contribution is 5.66. The van der Waals surface area contributed by atoms with Crippen molar-refractivity contribution in [2.75, 3.05) is 6.54 Å². The largest absolute Gasteiger partial charge is 0.481 e. The second kappa shape index (κ2) is 5.06. The third kappa shape index (κ3) is 9.13. The Bertz CT molecular complexity index is 170. The molecule has 0 saturated carbocycles. The maximum atomic E-state index is 11.7. The number of carboxylic acids is 1. The molecule has 13 heavy (non-hydrogen) atoms. The predicted octanol–water partition coefficient (Wildman–Crippen LogP) is 1.39. The van der Waals surface area contributed by atoms with Crippen LogP contribution in [0.5, 0.6) is 0 Å². The van der Waals surface area contributed by atoms with E-state index in [2.05, 4.69) is 5.32 Å². The highest BCUT2D eigenvalue weighted by Crippen LogP contribution is 2.21. The fourth-order valence-corrected chi connectivity index (χ4v) is 0.845. The van der Waals surface area contributed by atoms with Gasteiger partial charge >= 0.3 is 12.1 Å². The van der Waals surface area contributed by atoms with E-state index in [4.69, 9.17) is 5.11 Å². The number of halogens is 3. The van der Waals surface area contributed by atoms with Gasteiger partial charge in [0.2, 0.25) is 0 Å². The van der Waals surface area contributed by atoms with Crippen molar-refractivity contribution in [3.63, 3.8) is 0 Å². The Morgan fingerprint density at radius 2 is 2.08 bits per heavy atom. The highest BCUT2D eigenvalue weighted by Gasteiger charge is 2.29. The van der Waals surface area contributed by atoms with Crippen molar-refractivity contribution in [3.8, 4) is 0 Å². The van der Waals surface area contributed by atoms with Crippen LogP contribution in [-0.4, -0.2) is 29.8 Å². The minimum Gasteiger partial charge on any atom is -0.481 e. The zero-order chi connectivity index (χ0) is 10.5. The van der Waals surface area contributed by atoms with Gasteiger partial charge in [-0.1, -0.05) is 0 Å². The van der Waals surface area contributed by atoms with Crippen molar-refractivity contribution in [2.24, 2.45) is 0 Å². The maximum Gasteiger partial charge on any atom is 0.390 e. The van der Waals surface area contributed by atoms with Crippen molar-refractivity contribution >= 4 is 5.97 Å². The number of aliphatic carboxylic acids is 1. The normalized spacial score (nSPS) is 14.2. The number of carbonyl (C=O) groups is 1. The molecule has 0 heterocycles. The van der Waals surface area contributed by atoms with Gasteiger partial charge in [0.25, 0.3) is 0 Å². The Kier molecular flexibility index (Phi) is 4.76. The van der Waals surface area contributed by atoms with Crippen molar-refractivity contribution in [1.29, 1.82) is 0 Å². The van der Waals surface area contributed by atoms with E-state index in [9.17, 15) is 18.0 Å². The average molecular weight is 199 g/mol. The molecular weight excluding hydrogens is 187 g/mol. The van der Waals surface area contributed by atoms with Crippen LogP contribution in [0.2, 0.25) is 0 Å². The lowest BCUT2D eigenvalue weighted by molar-refractivity contribution is -0.139. The Labute approximate surface area is 73.9 Å². The van der Waals surface area contributed by atoms with Crippen LogP contribution in [0.25, 0.3) is 0 Å². The molecule has 78 valence electrons. The number of nitrogens with one attached hydrogen (secondary N) is 1. The van der Waals surface area contributed by atoms with E-state index in [-0.39, 0.29) is 13.0 Å². The van der Waals surface area contributed by atoms with E-state index in [0.29, 0.717) is 0 Å². The Morgan fingerprint density at radius 1 is 1.54 bits per heavy atom. The van der Waals surface area contributed by atoms with Crippen LogP contribution in [-0.2, 0) is 4.79 Å². The van der Waals surface area contributed by atoms with E-state index in [1.54, 1.807) is 0 Å². The third-order valence-electron chi connectivity index (χ3n) is 1.37. The monoisotopic (exact) mass is 199 g/mol. The van der Waals surface area contributed by atoms with Gasteiger partial charge in [0.05, 0.1) is 12.8 Å². The molecule has 0 saturated heterocycles. The second-order valence-electron chi connectivity index (χ2n) is 2.82. The van der Waals surface area contributed by atoms with Crippen molar-refractivity contribution < 1.29 is 23.1 Å². The molecule has 0 aliphatic carbocycles. The molecule has 0 aromatic carbocycles. The Morgan fingerprint density at radius 3 is 2.46 bits per heavy atom. The van der Waals surface area contributed by atoms with Crippen molar-refractivity contribution in [3.05, 3.63) is 0 Å². The minimum absolute atomic E-state index is 0.0621. The van der Waals surface area contributed by atoms with E-state index < -0.39 is 24.6 Å². The van der Waals surface area contributed by atoms with Gasteiger partial charge in [0.1, 0.15) is 0 Å². The summed E-state index contributed by atoms with van der Waals surface area (Å²) >= 11 is 0. The molecular formula is C7H12F3NO2. The van der Waals surface area contributed by atoms with Gasteiger partial charge in [-0.2, -0.15) is 13.2 Å². The number of carboxylic acid groups (broad SMARTS) is 1.